The third-order valence-electron chi connectivity index (χ3n) is 4.22. The third-order valence-corrected chi connectivity index (χ3v) is 4.22. The van der Waals surface area contributed by atoms with E-state index in [-0.39, 0.29) is 12.3 Å². The predicted octanol–water partition coefficient (Wildman–Crippen LogP) is 2.35. The molecular weight excluding hydrogens is 360 g/mol. The average molecular weight is 395 g/mol. The molecule has 0 fully saturated rings. The molecule has 0 aliphatic heterocycles. The Kier molecular flexibility index (Phi) is 12.7. The van der Waals surface area contributed by atoms with E-state index in [4.69, 9.17) is 15.2 Å². The average Bonchev–Trinajstić information content (AvgIpc) is 2.69. The number of nitrogens with two attached hydrogens (primary N) is 1. The van der Waals surface area contributed by atoms with E-state index in [0.717, 1.165) is 31.4 Å². The zero-order valence-electron chi connectivity index (χ0n) is 17.1. The van der Waals surface area contributed by atoms with Crippen molar-refractivity contribution in [1.82, 2.24) is 5.32 Å². The second-order valence-corrected chi connectivity index (χ2v) is 6.66. The molecule has 0 radical (unpaired) electrons. The van der Waals surface area contributed by atoms with Crippen LogP contribution in [0.4, 0.5) is 0 Å². The van der Waals surface area contributed by atoms with E-state index in [1.54, 1.807) is 0 Å². The van der Waals surface area contributed by atoms with Gasteiger partial charge in [-0.3, -0.25) is 4.79 Å². The number of esters is 1. The van der Waals surface area contributed by atoms with Crippen LogP contribution in [-0.2, 0) is 19.1 Å². The van der Waals surface area contributed by atoms with Gasteiger partial charge in [-0.15, -0.1) is 0 Å². The molecule has 0 saturated carbocycles. The first-order valence-corrected chi connectivity index (χ1v) is 9.91. The summed E-state index contributed by atoms with van der Waals surface area (Å²) in [7, 11) is 1.29. The highest BCUT2D eigenvalue weighted by Crippen LogP contribution is 2.12. The van der Waals surface area contributed by atoms with Gasteiger partial charge in [-0.25, -0.2) is 4.79 Å². The van der Waals surface area contributed by atoms with Gasteiger partial charge in [-0.05, 0) is 51.3 Å². The fraction of sp³-hybridized carbons (Fsp3) is 0.619. The molecule has 0 saturated heterocycles. The van der Waals surface area contributed by atoms with E-state index in [2.05, 4.69) is 17.0 Å². The standard InChI is InChI=1S/C21H34N2O5/c1-17-7-9-18(10-8-17)28-15-6-4-3-5-14-27-16-12-20(24)23-19(11-13-22)21(25)26-2/h7-10,19H,3-6,11-16,22H2,1-2H3,(H,23,24). The van der Waals surface area contributed by atoms with Crippen LogP contribution in [-0.4, -0.2) is 51.4 Å². The number of nitrogens with one attached hydrogen (secondary N) is 1. The summed E-state index contributed by atoms with van der Waals surface area (Å²) in [5.41, 5.74) is 6.67. The SMILES string of the molecule is COC(=O)C(CCN)NC(=O)CCOCCCCCCOc1ccc(C)cc1. The number of aryl methyl sites for hydroxylation is 1. The minimum atomic E-state index is -0.690. The third kappa shape index (κ3) is 10.9. The number of hydrogen-bond donors (Lipinski definition) is 2. The van der Waals surface area contributed by atoms with Crippen molar-refractivity contribution in [2.45, 2.75) is 51.5 Å². The van der Waals surface area contributed by atoms with Gasteiger partial charge in [0.2, 0.25) is 5.91 Å². The second kappa shape index (κ2) is 14.9. The number of carbonyl (C=O) groups is 2. The largest absolute Gasteiger partial charge is 0.494 e. The van der Waals surface area contributed by atoms with E-state index >= 15 is 0 Å². The molecule has 3 N–H and O–H groups in total. The summed E-state index contributed by atoms with van der Waals surface area (Å²) in [4.78, 5) is 23.4. The first-order chi connectivity index (χ1) is 13.6. The molecule has 1 atom stereocenters. The minimum Gasteiger partial charge on any atom is -0.494 e. The lowest BCUT2D eigenvalue weighted by Gasteiger charge is -2.15. The van der Waals surface area contributed by atoms with Gasteiger partial charge in [0.25, 0.3) is 0 Å². The van der Waals surface area contributed by atoms with Crippen LogP contribution < -0.4 is 15.8 Å². The molecule has 1 unspecified atom stereocenters. The number of carbonyl (C=O) groups excluding carboxylic acids is 2. The molecule has 7 nitrogen and oxygen atoms in total. The molecule has 0 aromatic heterocycles. The Morgan fingerprint density at radius 2 is 1.71 bits per heavy atom. The Bertz CT molecular complexity index is 562. The van der Waals surface area contributed by atoms with Gasteiger partial charge >= 0.3 is 5.97 Å². The first kappa shape index (κ1) is 23.9. The number of benzene rings is 1. The van der Waals surface area contributed by atoms with Crippen LogP contribution in [0.1, 0.15) is 44.1 Å². The van der Waals surface area contributed by atoms with Crippen molar-refractivity contribution in [3.63, 3.8) is 0 Å². The summed E-state index contributed by atoms with van der Waals surface area (Å²) in [5, 5.41) is 2.62. The Labute approximate surface area is 167 Å². The summed E-state index contributed by atoms with van der Waals surface area (Å²) in [6.45, 7) is 4.02. The van der Waals surface area contributed by atoms with Gasteiger partial charge in [-0.1, -0.05) is 24.1 Å². The van der Waals surface area contributed by atoms with Crippen LogP contribution in [0.5, 0.6) is 5.75 Å². The smallest absolute Gasteiger partial charge is 0.328 e. The van der Waals surface area contributed by atoms with E-state index < -0.39 is 12.0 Å². The van der Waals surface area contributed by atoms with E-state index in [0.29, 0.717) is 32.8 Å². The van der Waals surface area contributed by atoms with E-state index in [1.165, 1.54) is 12.7 Å². The van der Waals surface area contributed by atoms with Crippen molar-refractivity contribution in [3.8, 4) is 5.75 Å². The summed E-state index contributed by atoms with van der Waals surface area (Å²) >= 11 is 0. The van der Waals surface area contributed by atoms with Crippen molar-refractivity contribution < 1.29 is 23.8 Å². The summed E-state index contributed by atoms with van der Waals surface area (Å²) in [6.07, 6.45) is 4.66. The maximum atomic E-state index is 11.8. The van der Waals surface area contributed by atoms with Crippen molar-refractivity contribution in [2.24, 2.45) is 5.73 Å². The van der Waals surface area contributed by atoms with Gasteiger partial charge in [0.15, 0.2) is 0 Å². The van der Waals surface area contributed by atoms with E-state index in [9.17, 15) is 9.59 Å². The van der Waals surface area contributed by atoms with Crippen LogP contribution in [0.2, 0.25) is 0 Å². The first-order valence-electron chi connectivity index (χ1n) is 9.91. The molecule has 1 amide bonds. The van der Waals surface area contributed by atoms with Crippen LogP contribution in [0, 0.1) is 6.92 Å². The molecule has 1 rings (SSSR count). The maximum absolute atomic E-state index is 11.8. The highest BCUT2D eigenvalue weighted by atomic mass is 16.5. The molecule has 0 heterocycles. The molecule has 28 heavy (non-hydrogen) atoms. The molecule has 158 valence electrons. The van der Waals surface area contributed by atoms with Crippen LogP contribution >= 0.6 is 0 Å². The Morgan fingerprint density at radius 1 is 1.04 bits per heavy atom. The molecule has 0 aliphatic rings. The highest BCUT2D eigenvalue weighted by Gasteiger charge is 2.20. The molecule has 0 spiro atoms. The molecule has 0 aliphatic carbocycles. The van der Waals surface area contributed by atoms with Gasteiger partial charge in [0, 0.05) is 13.0 Å². The van der Waals surface area contributed by atoms with Crippen LogP contribution in [0.25, 0.3) is 0 Å². The number of methoxy groups -OCH3 is 1. The number of rotatable bonds is 15. The van der Waals surface area contributed by atoms with Crippen molar-refractivity contribution in [1.29, 1.82) is 0 Å². The Balaban J connectivity index is 1.97. The van der Waals surface area contributed by atoms with Crippen LogP contribution in [0.3, 0.4) is 0 Å². The fourth-order valence-corrected chi connectivity index (χ4v) is 2.58. The molecule has 7 heteroatoms. The highest BCUT2D eigenvalue weighted by molar-refractivity contribution is 5.84. The lowest BCUT2D eigenvalue weighted by molar-refractivity contribution is -0.145. The Morgan fingerprint density at radius 3 is 2.36 bits per heavy atom. The second-order valence-electron chi connectivity index (χ2n) is 6.66. The number of hydrogen-bond acceptors (Lipinski definition) is 6. The molecule has 1 aromatic rings. The van der Waals surface area contributed by atoms with Crippen LogP contribution in [0.15, 0.2) is 24.3 Å². The number of unbranched alkanes of at least 4 members (excludes halogenated alkanes) is 3. The summed E-state index contributed by atoms with van der Waals surface area (Å²) < 4.78 is 15.8. The number of amides is 1. The summed E-state index contributed by atoms with van der Waals surface area (Å²) in [6, 6.07) is 7.37. The van der Waals surface area contributed by atoms with Crippen molar-refractivity contribution >= 4 is 11.9 Å². The monoisotopic (exact) mass is 394 g/mol. The van der Waals surface area contributed by atoms with Crippen molar-refractivity contribution in [2.75, 3.05) is 33.5 Å². The molecule has 0 bridgehead atoms. The van der Waals surface area contributed by atoms with Gasteiger partial charge < -0.3 is 25.3 Å². The number of ether oxygens (including phenoxy) is 3. The lowest BCUT2D eigenvalue weighted by Crippen LogP contribution is -2.43. The topological polar surface area (TPSA) is 99.9 Å². The zero-order valence-corrected chi connectivity index (χ0v) is 17.1. The normalized spacial score (nSPS) is 11.7. The summed E-state index contributed by atoms with van der Waals surface area (Å²) in [5.74, 6) is 0.191. The predicted molar refractivity (Wildman–Crippen MR) is 108 cm³/mol. The zero-order chi connectivity index (χ0) is 20.6. The maximum Gasteiger partial charge on any atom is 0.328 e. The molecule has 1 aromatic carbocycles. The van der Waals surface area contributed by atoms with Gasteiger partial charge in [0.1, 0.15) is 11.8 Å². The molecular formula is C21H34N2O5. The van der Waals surface area contributed by atoms with Gasteiger partial charge in [0.05, 0.1) is 20.3 Å². The van der Waals surface area contributed by atoms with Crippen molar-refractivity contribution in [3.05, 3.63) is 29.8 Å². The van der Waals surface area contributed by atoms with Gasteiger partial charge in [-0.2, -0.15) is 0 Å². The quantitative estimate of drug-likeness (QED) is 0.350. The lowest BCUT2D eigenvalue weighted by atomic mass is 10.2. The Hall–Kier alpha value is -2.12. The van der Waals surface area contributed by atoms with E-state index in [1.807, 2.05) is 24.3 Å². The minimum absolute atomic E-state index is 0.211. The fourth-order valence-electron chi connectivity index (χ4n) is 2.58.